The molecule has 8 nitrogen and oxygen atoms in total. The molecular weight excluding hydrogens is 425 g/mol. The predicted octanol–water partition coefficient (Wildman–Crippen LogP) is 3.63. The molecule has 0 radical (unpaired) electrons. The van der Waals surface area contributed by atoms with Crippen molar-refractivity contribution in [3.63, 3.8) is 0 Å². The number of rotatable bonds is 9. The van der Waals surface area contributed by atoms with Crippen molar-refractivity contribution in [2.24, 2.45) is 0 Å². The summed E-state index contributed by atoms with van der Waals surface area (Å²) in [6.45, 7) is 5.05. The number of amides is 1. The summed E-state index contributed by atoms with van der Waals surface area (Å²) in [6.07, 6.45) is 4.90. The Balaban J connectivity index is 1.74. The molecule has 0 aliphatic carbocycles. The number of pyridine rings is 2. The molecule has 0 bridgehead atoms. The van der Waals surface area contributed by atoms with E-state index in [0.29, 0.717) is 6.54 Å². The van der Waals surface area contributed by atoms with E-state index in [1.165, 1.54) is 35.2 Å². The van der Waals surface area contributed by atoms with Gasteiger partial charge in [-0.2, -0.15) is 10.2 Å². The molecule has 0 saturated carbocycles. The second-order valence-electron chi connectivity index (χ2n) is 7.01. The van der Waals surface area contributed by atoms with E-state index >= 15 is 0 Å². The fraction of sp³-hybridized carbons (Fsp3) is 0.381. The summed E-state index contributed by atoms with van der Waals surface area (Å²) in [5, 5.41) is 8.04. The van der Waals surface area contributed by atoms with Gasteiger partial charge < -0.3 is 9.64 Å². The highest BCUT2D eigenvalue weighted by Gasteiger charge is 2.31. The number of nitrogens with zero attached hydrogens (tertiary/aromatic N) is 6. The first-order valence-corrected chi connectivity index (χ1v) is 10.1. The summed E-state index contributed by atoms with van der Waals surface area (Å²) >= 11 is 0. The van der Waals surface area contributed by atoms with Crippen molar-refractivity contribution in [1.82, 2.24) is 29.9 Å². The van der Waals surface area contributed by atoms with E-state index < -0.39 is 35.6 Å². The molecular formula is C21H23F3N6O2. The molecule has 0 fully saturated rings. The van der Waals surface area contributed by atoms with Crippen molar-refractivity contribution < 1.29 is 22.7 Å². The van der Waals surface area contributed by atoms with Gasteiger partial charge in [-0.1, -0.05) is 6.92 Å². The van der Waals surface area contributed by atoms with E-state index in [4.69, 9.17) is 4.74 Å². The molecule has 0 spiro atoms. The van der Waals surface area contributed by atoms with Crippen LogP contribution < -0.4 is 4.74 Å². The number of carbonyl (C=O) groups is 1. The Morgan fingerprint density at radius 1 is 1.22 bits per heavy atom. The van der Waals surface area contributed by atoms with Gasteiger partial charge >= 0.3 is 0 Å². The minimum Gasteiger partial charge on any atom is -0.473 e. The molecule has 3 aromatic heterocycles. The molecule has 3 aromatic rings. The van der Waals surface area contributed by atoms with Crippen LogP contribution in [0.3, 0.4) is 0 Å². The van der Waals surface area contributed by atoms with Crippen LogP contribution in [0.25, 0.3) is 5.82 Å². The molecule has 0 aliphatic heterocycles. The Morgan fingerprint density at radius 3 is 2.56 bits per heavy atom. The number of halogens is 3. The van der Waals surface area contributed by atoms with E-state index in [9.17, 15) is 18.0 Å². The summed E-state index contributed by atoms with van der Waals surface area (Å²) in [4.78, 5) is 23.8. The van der Waals surface area contributed by atoms with Crippen molar-refractivity contribution in [3.8, 4) is 11.7 Å². The fourth-order valence-corrected chi connectivity index (χ4v) is 3.08. The Hall–Kier alpha value is -3.50. The maximum atomic E-state index is 14.3. The Labute approximate surface area is 183 Å². The van der Waals surface area contributed by atoms with Crippen molar-refractivity contribution in [2.45, 2.75) is 39.2 Å². The quantitative estimate of drug-likeness (QED) is 0.497. The molecule has 0 aliphatic rings. The van der Waals surface area contributed by atoms with Crippen LogP contribution in [0.2, 0.25) is 0 Å². The lowest BCUT2D eigenvalue weighted by molar-refractivity contribution is -0.00909. The van der Waals surface area contributed by atoms with Crippen molar-refractivity contribution in [1.29, 1.82) is 0 Å². The van der Waals surface area contributed by atoms with Crippen LogP contribution >= 0.6 is 0 Å². The number of hydrogen-bond donors (Lipinski definition) is 0. The molecule has 11 heteroatoms. The van der Waals surface area contributed by atoms with E-state index in [1.807, 2.05) is 0 Å². The number of alkyl halides is 2. The smallest absolute Gasteiger partial charge is 0.274 e. The molecule has 32 heavy (non-hydrogen) atoms. The van der Waals surface area contributed by atoms with E-state index in [1.54, 1.807) is 26.0 Å². The second kappa shape index (κ2) is 9.75. The number of ether oxygens (including phenoxy) is 1. The van der Waals surface area contributed by atoms with Crippen molar-refractivity contribution in [2.75, 3.05) is 13.2 Å². The zero-order chi connectivity index (χ0) is 23.3. The zero-order valence-corrected chi connectivity index (χ0v) is 17.9. The standard InChI is InChI=1S/C21H23F3N6O2/c1-4-21(23,24)15-11-17(22)19(26-12-15)32-13-14(3)29(5-2)20(31)16-7-6-8-25-18(16)30-27-9-10-28-30/h6-12,14H,4-5,13H2,1-3H3. The topological polar surface area (TPSA) is 86.0 Å². The van der Waals surface area contributed by atoms with Crippen LogP contribution in [0.4, 0.5) is 13.2 Å². The maximum absolute atomic E-state index is 14.3. The van der Waals surface area contributed by atoms with E-state index in [2.05, 4.69) is 20.2 Å². The first kappa shape index (κ1) is 23.2. The van der Waals surface area contributed by atoms with Gasteiger partial charge in [-0.3, -0.25) is 4.79 Å². The summed E-state index contributed by atoms with van der Waals surface area (Å²) in [5.41, 5.74) is -0.229. The highest BCUT2D eigenvalue weighted by Crippen LogP contribution is 2.32. The zero-order valence-electron chi connectivity index (χ0n) is 17.9. The fourth-order valence-electron chi connectivity index (χ4n) is 3.08. The lowest BCUT2D eigenvalue weighted by Crippen LogP contribution is -2.42. The Morgan fingerprint density at radius 2 is 1.94 bits per heavy atom. The second-order valence-corrected chi connectivity index (χ2v) is 7.01. The average molecular weight is 448 g/mol. The SMILES string of the molecule is CCN(C(=O)c1cccnc1-n1nccn1)C(C)COc1ncc(C(F)(F)CC)cc1F. The van der Waals surface area contributed by atoms with Gasteiger partial charge in [-0.15, -0.1) is 4.80 Å². The van der Waals surface area contributed by atoms with Crippen LogP contribution in [0.5, 0.6) is 5.88 Å². The number of likely N-dealkylation sites (N-methyl/N-ethyl adjacent to an activating group) is 1. The molecule has 170 valence electrons. The number of aromatic nitrogens is 5. The van der Waals surface area contributed by atoms with E-state index in [-0.39, 0.29) is 23.9 Å². The Bertz CT molecular complexity index is 1060. The van der Waals surface area contributed by atoms with Gasteiger partial charge in [0.05, 0.1) is 24.0 Å². The molecule has 1 unspecified atom stereocenters. The summed E-state index contributed by atoms with van der Waals surface area (Å²) in [5.74, 6) is -4.63. The van der Waals surface area contributed by atoms with Gasteiger partial charge in [0.25, 0.3) is 11.8 Å². The summed E-state index contributed by atoms with van der Waals surface area (Å²) < 4.78 is 47.1. The van der Waals surface area contributed by atoms with Gasteiger partial charge in [-0.25, -0.2) is 23.1 Å². The van der Waals surface area contributed by atoms with Gasteiger partial charge in [-0.05, 0) is 32.0 Å². The highest BCUT2D eigenvalue weighted by molar-refractivity contribution is 5.97. The first-order chi connectivity index (χ1) is 15.3. The van der Waals surface area contributed by atoms with Crippen LogP contribution in [0.1, 0.15) is 43.1 Å². The minimum absolute atomic E-state index is 0.0946. The monoisotopic (exact) mass is 448 g/mol. The van der Waals surface area contributed by atoms with Crippen molar-refractivity contribution in [3.05, 3.63) is 59.9 Å². The molecule has 0 aromatic carbocycles. The Kier molecular flexibility index (Phi) is 7.06. The molecule has 3 rings (SSSR count). The molecule has 0 N–H and O–H groups in total. The first-order valence-electron chi connectivity index (χ1n) is 10.1. The van der Waals surface area contributed by atoms with Crippen molar-refractivity contribution >= 4 is 5.91 Å². The molecule has 1 amide bonds. The van der Waals surface area contributed by atoms with Crippen LogP contribution in [-0.2, 0) is 5.92 Å². The van der Waals surface area contributed by atoms with Gasteiger partial charge in [0.1, 0.15) is 6.61 Å². The lowest BCUT2D eigenvalue weighted by atomic mass is 10.1. The maximum Gasteiger partial charge on any atom is 0.274 e. The number of carbonyl (C=O) groups excluding carboxylic acids is 1. The molecule has 0 saturated heterocycles. The minimum atomic E-state index is -3.17. The predicted molar refractivity (Wildman–Crippen MR) is 109 cm³/mol. The van der Waals surface area contributed by atoms with Gasteiger partial charge in [0.2, 0.25) is 5.88 Å². The van der Waals surface area contributed by atoms with Crippen LogP contribution in [0, 0.1) is 5.82 Å². The summed E-state index contributed by atoms with van der Waals surface area (Å²) in [7, 11) is 0. The number of hydrogen-bond acceptors (Lipinski definition) is 6. The lowest BCUT2D eigenvalue weighted by Gasteiger charge is -2.28. The third-order valence-electron chi connectivity index (χ3n) is 4.89. The molecule has 3 heterocycles. The summed E-state index contributed by atoms with van der Waals surface area (Å²) in [6, 6.07) is 3.47. The van der Waals surface area contributed by atoms with Crippen LogP contribution in [0.15, 0.2) is 43.0 Å². The average Bonchev–Trinajstić information content (AvgIpc) is 3.33. The molecule has 1 atom stereocenters. The van der Waals surface area contributed by atoms with Gasteiger partial charge in [0, 0.05) is 30.9 Å². The van der Waals surface area contributed by atoms with Gasteiger partial charge in [0.15, 0.2) is 11.6 Å². The highest BCUT2D eigenvalue weighted by atomic mass is 19.3. The van der Waals surface area contributed by atoms with E-state index in [0.717, 1.165) is 12.3 Å². The third kappa shape index (κ3) is 4.87. The third-order valence-corrected chi connectivity index (χ3v) is 4.89. The largest absolute Gasteiger partial charge is 0.473 e. The normalized spacial score (nSPS) is 12.4. The van der Waals surface area contributed by atoms with Crippen LogP contribution in [-0.4, -0.2) is 55.0 Å².